The van der Waals surface area contributed by atoms with Crippen LogP contribution in [0.3, 0.4) is 0 Å². The van der Waals surface area contributed by atoms with Crippen molar-refractivity contribution in [2.75, 3.05) is 6.61 Å². The molecule has 0 unspecified atom stereocenters. The van der Waals surface area contributed by atoms with Crippen LogP contribution < -0.4 is 4.74 Å². The van der Waals surface area contributed by atoms with Crippen molar-refractivity contribution in [3.8, 4) is 5.75 Å². The van der Waals surface area contributed by atoms with E-state index in [1.54, 1.807) is 13.0 Å². The quantitative estimate of drug-likeness (QED) is 0.440. The van der Waals surface area contributed by atoms with E-state index in [0.717, 1.165) is 0 Å². The Morgan fingerprint density at radius 1 is 1.20 bits per heavy atom. The number of benzene rings is 1. The number of ether oxygens (including phenoxy) is 1. The average molecular weight is 300 g/mol. The molecule has 0 N–H and O–H groups in total. The van der Waals surface area contributed by atoms with E-state index in [9.17, 15) is 13.2 Å². The molecule has 112 valence electrons. The summed E-state index contributed by atoms with van der Waals surface area (Å²) in [6.07, 6.45) is 1.57. The van der Waals surface area contributed by atoms with Crippen LogP contribution in [0.1, 0.15) is 38.7 Å². The molecule has 0 spiro atoms. The molecule has 0 atom stereocenters. The third-order valence-corrected chi connectivity index (χ3v) is 3.88. The van der Waals surface area contributed by atoms with Crippen molar-refractivity contribution < 1.29 is 22.1 Å². The van der Waals surface area contributed by atoms with Crippen LogP contribution in [0.5, 0.6) is 5.75 Å². The van der Waals surface area contributed by atoms with Crippen molar-refractivity contribution in [2.24, 2.45) is 0 Å². The van der Waals surface area contributed by atoms with Crippen molar-refractivity contribution in [1.29, 1.82) is 0 Å². The highest BCUT2D eigenvalue weighted by Crippen LogP contribution is 2.24. The van der Waals surface area contributed by atoms with Gasteiger partial charge < -0.3 is 4.74 Å². The number of esters is 1. The highest BCUT2D eigenvalue weighted by atomic mass is 32.2. The van der Waals surface area contributed by atoms with Gasteiger partial charge in [-0.15, -0.1) is 0 Å². The van der Waals surface area contributed by atoms with E-state index in [-0.39, 0.29) is 23.2 Å². The van der Waals surface area contributed by atoms with Crippen molar-refractivity contribution in [3.05, 3.63) is 23.8 Å². The second-order valence-corrected chi connectivity index (χ2v) is 6.04. The molecule has 0 fully saturated rings. The van der Waals surface area contributed by atoms with E-state index in [0.29, 0.717) is 24.8 Å². The summed E-state index contributed by atoms with van der Waals surface area (Å²) in [6, 6.07) is 4.36. The monoisotopic (exact) mass is 300 g/mol. The van der Waals surface area contributed by atoms with E-state index in [2.05, 4.69) is 0 Å². The average Bonchev–Trinajstić information content (AvgIpc) is 2.39. The normalized spacial score (nSPS) is 11.3. The van der Waals surface area contributed by atoms with Crippen molar-refractivity contribution in [3.63, 3.8) is 0 Å². The third kappa shape index (κ3) is 4.61. The Kier molecular flexibility index (Phi) is 6.16. The Labute approximate surface area is 120 Å². The molecule has 0 bridgehead atoms. The molecule has 0 saturated heterocycles. The number of rotatable bonds is 7. The lowest BCUT2D eigenvalue weighted by atomic mass is 10.2. The molecule has 0 amide bonds. The molecule has 6 heteroatoms. The largest absolute Gasteiger partial charge is 0.426 e. The Balaban J connectivity index is 2.99. The number of hydrogen-bond donors (Lipinski definition) is 0. The van der Waals surface area contributed by atoms with Crippen LogP contribution in [-0.2, 0) is 19.1 Å². The maximum Gasteiger partial charge on any atom is 0.311 e. The SMILES string of the molecule is CCCOS(=O)(=O)c1ccc(C)c(OC(=O)CCC)c1. The fraction of sp³-hybridized carbons (Fsp3) is 0.500. The van der Waals surface area contributed by atoms with Crippen molar-refractivity contribution in [1.82, 2.24) is 0 Å². The minimum Gasteiger partial charge on any atom is -0.426 e. The molecular formula is C14H20O5S. The molecule has 1 rings (SSSR count). The predicted octanol–water partition coefficient (Wildman–Crippen LogP) is 2.82. The summed E-state index contributed by atoms with van der Waals surface area (Å²) in [7, 11) is -3.80. The topological polar surface area (TPSA) is 69.7 Å². The summed E-state index contributed by atoms with van der Waals surface area (Å²) in [6.45, 7) is 5.56. The van der Waals surface area contributed by atoms with Crippen LogP contribution in [0.4, 0.5) is 0 Å². The van der Waals surface area contributed by atoms with Gasteiger partial charge in [0, 0.05) is 12.5 Å². The van der Waals surface area contributed by atoms with Gasteiger partial charge in [-0.3, -0.25) is 8.98 Å². The van der Waals surface area contributed by atoms with E-state index < -0.39 is 10.1 Å². The first-order chi connectivity index (χ1) is 9.40. The van der Waals surface area contributed by atoms with Crippen molar-refractivity contribution in [2.45, 2.75) is 44.9 Å². The van der Waals surface area contributed by atoms with Gasteiger partial charge in [0.2, 0.25) is 0 Å². The minimum atomic E-state index is -3.80. The molecule has 5 nitrogen and oxygen atoms in total. The lowest BCUT2D eigenvalue weighted by molar-refractivity contribution is -0.134. The first-order valence-electron chi connectivity index (χ1n) is 6.61. The number of carbonyl (C=O) groups excluding carboxylic acids is 1. The number of carbonyl (C=O) groups is 1. The highest BCUT2D eigenvalue weighted by Gasteiger charge is 2.17. The van der Waals surface area contributed by atoms with E-state index in [1.165, 1.54) is 12.1 Å². The Bertz CT molecular complexity index is 563. The molecule has 0 aliphatic rings. The molecule has 0 aliphatic heterocycles. The fourth-order valence-electron chi connectivity index (χ4n) is 1.48. The molecule has 0 heterocycles. The van der Waals surface area contributed by atoms with E-state index in [1.807, 2.05) is 13.8 Å². The zero-order valence-electron chi connectivity index (χ0n) is 12.0. The molecule has 0 saturated carbocycles. The number of hydrogen-bond acceptors (Lipinski definition) is 5. The van der Waals surface area contributed by atoms with Gasteiger partial charge >= 0.3 is 5.97 Å². The predicted molar refractivity (Wildman–Crippen MR) is 75.2 cm³/mol. The smallest absolute Gasteiger partial charge is 0.311 e. The Morgan fingerprint density at radius 2 is 1.90 bits per heavy atom. The summed E-state index contributed by atoms with van der Waals surface area (Å²) >= 11 is 0. The molecule has 20 heavy (non-hydrogen) atoms. The van der Waals surface area contributed by atoms with Crippen LogP contribution in [0.2, 0.25) is 0 Å². The van der Waals surface area contributed by atoms with E-state index in [4.69, 9.17) is 8.92 Å². The molecule has 0 aliphatic carbocycles. The van der Waals surface area contributed by atoms with Crippen LogP contribution in [0.15, 0.2) is 23.1 Å². The second-order valence-electron chi connectivity index (χ2n) is 4.43. The lowest BCUT2D eigenvalue weighted by Gasteiger charge is -2.10. The molecule has 1 aromatic carbocycles. The Hall–Kier alpha value is -1.40. The van der Waals surface area contributed by atoms with Crippen LogP contribution >= 0.6 is 0 Å². The summed E-state index contributed by atoms with van der Waals surface area (Å²) < 4.78 is 33.8. The number of aryl methyl sites for hydroxylation is 1. The van der Waals surface area contributed by atoms with Gasteiger partial charge in [-0.05, 0) is 31.4 Å². The van der Waals surface area contributed by atoms with Gasteiger partial charge in [0.1, 0.15) is 5.75 Å². The first-order valence-corrected chi connectivity index (χ1v) is 8.02. The highest BCUT2D eigenvalue weighted by molar-refractivity contribution is 7.86. The van der Waals surface area contributed by atoms with Gasteiger partial charge in [0.05, 0.1) is 11.5 Å². The van der Waals surface area contributed by atoms with Gasteiger partial charge in [-0.1, -0.05) is 19.9 Å². The molecule has 1 aromatic rings. The summed E-state index contributed by atoms with van der Waals surface area (Å²) in [5.74, 6) is -0.121. The van der Waals surface area contributed by atoms with Gasteiger partial charge in [-0.2, -0.15) is 8.42 Å². The maximum atomic E-state index is 11.9. The molecular weight excluding hydrogens is 280 g/mol. The van der Waals surface area contributed by atoms with Gasteiger partial charge in [-0.25, -0.2) is 0 Å². The van der Waals surface area contributed by atoms with Gasteiger partial charge in [0.25, 0.3) is 10.1 Å². The summed E-state index contributed by atoms with van der Waals surface area (Å²) in [5, 5.41) is 0. The molecule has 0 aromatic heterocycles. The summed E-state index contributed by atoms with van der Waals surface area (Å²) in [5.41, 5.74) is 0.698. The van der Waals surface area contributed by atoms with Crippen LogP contribution in [-0.4, -0.2) is 21.0 Å². The molecule has 0 radical (unpaired) electrons. The summed E-state index contributed by atoms with van der Waals surface area (Å²) in [4.78, 5) is 11.5. The van der Waals surface area contributed by atoms with Crippen LogP contribution in [0, 0.1) is 6.92 Å². The van der Waals surface area contributed by atoms with Gasteiger partial charge in [0.15, 0.2) is 0 Å². The lowest BCUT2D eigenvalue weighted by Crippen LogP contribution is -2.10. The first kappa shape index (κ1) is 16.7. The zero-order valence-corrected chi connectivity index (χ0v) is 12.8. The van der Waals surface area contributed by atoms with Crippen LogP contribution in [0.25, 0.3) is 0 Å². The third-order valence-electron chi connectivity index (χ3n) is 2.57. The standard InChI is InChI=1S/C14H20O5S/c1-4-6-14(15)19-13-10-12(8-7-11(13)3)20(16,17)18-9-5-2/h7-8,10H,4-6,9H2,1-3H3. The fourth-order valence-corrected chi connectivity index (χ4v) is 2.49. The Morgan fingerprint density at radius 3 is 2.50 bits per heavy atom. The maximum absolute atomic E-state index is 11.9. The van der Waals surface area contributed by atoms with Crippen molar-refractivity contribution >= 4 is 16.1 Å². The van der Waals surface area contributed by atoms with E-state index >= 15 is 0 Å². The minimum absolute atomic E-state index is 0.00384. The zero-order chi connectivity index (χ0) is 15.2. The second kappa shape index (κ2) is 7.40.